The predicted molar refractivity (Wildman–Crippen MR) is 64.2 cm³/mol. The van der Waals surface area contributed by atoms with E-state index in [1.165, 1.54) is 6.07 Å². The molecule has 0 saturated carbocycles. The highest BCUT2D eigenvalue weighted by atomic mass is 79.9. The van der Waals surface area contributed by atoms with E-state index in [2.05, 4.69) is 15.9 Å². The zero-order valence-electron chi connectivity index (χ0n) is 8.91. The van der Waals surface area contributed by atoms with Crippen LogP contribution in [0.5, 0.6) is 0 Å². The van der Waals surface area contributed by atoms with Crippen LogP contribution < -0.4 is 4.90 Å². The van der Waals surface area contributed by atoms with Gasteiger partial charge in [-0.3, -0.25) is 4.79 Å². The first kappa shape index (κ1) is 13.0. The van der Waals surface area contributed by atoms with Gasteiger partial charge in [-0.25, -0.2) is 4.39 Å². The van der Waals surface area contributed by atoms with E-state index in [-0.39, 0.29) is 12.2 Å². The van der Waals surface area contributed by atoms with E-state index in [9.17, 15) is 9.18 Å². The van der Waals surface area contributed by atoms with Crippen LogP contribution in [0.25, 0.3) is 0 Å². The van der Waals surface area contributed by atoms with Crippen molar-refractivity contribution in [3.8, 4) is 0 Å². The third-order valence-corrected chi connectivity index (χ3v) is 2.72. The second-order valence-corrected chi connectivity index (χ2v) is 4.23. The third-order valence-electron chi connectivity index (χ3n) is 2.23. The molecule has 1 rings (SSSR count). The van der Waals surface area contributed by atoms with Crippen molar-refractivity contribution in [2.75, 3.05) is 18.0 Å². The van der Waals surface area contributed by atoms with Crippen LogP contribution in [-0.4, -0.2) is 24.2 Å². The highest BCUT2D eigenvalue weighted by molar-refractivity contribution is 9.10. The number of aliphatic carboxylic acids is 1. The summed E-state index contributed by atoms with van der Waals surface area (Å²) < 4.78 is 14.3. The summed E-state index contributed by atoms with van der Waals surface area (Å²) in [5.41, 5.74) is 0.437. The lowest BCUT2D eigenvalue weighted by atomic mass is 10.2. The maximum atomic E-state index is 13.6. The zero-order valence-corrected chi connectivity index (χ0v) is 10.5. The Morgan fingerprint density at radius 2 is 2.25 bits per heavy atom. The number of carboxylic acids is 1. The third kappa shape index (κ3) is 3.48. The largest absolute Gasteiger partial charge is 0.481 e. The Morgan fingerprint density at radius 3 is 2.75 bits per heavy atom. The summed E-state index contributed by atoms with van der Waals surface area (Å²) in [4.78, 5) is 12.2. The Hall–Kier alpha value is -1.10. The van der Waals surface area contributed by atoms with Crippen LogP contribution >= 0.6 is 15.9 Å². The van der Waals surface area contributed by atoms with Crippen molar-refractivity contribution in [3.63, 3.8) is 0 Å². The molecule has 1 aromatic carbocycles. The summed E-state index contributed by atoms with van der Waals surface area (Å²) in [6, 6.07) is 4.76. The molecule has 0 heterocycles. The molecule has 0 aliphatic rings. The van der Waals surface area contributed by atoms with Crippen LogP contribution in [0, 0.1) is 5.82 Å². The Morgan fingerprint density at radius 1 is 1.56 bits per heavy atom. The van der Waals surface area contributed by atoms with Gasteiger partial charge in [0.05, 0.1) is 12.1 Å². The van der Waals surface area contributed by atoms with Crippen LogP contribution in [0.1, 0.15) is 13.3 Å². The van der Waals surface area contributed by atoms with E-state index in [4.69, 9.17) is 5.11 Å². The average molecular weight is 290 g/mol. The number of hydrogen-bond acceptors (Lipinski definition) is 2. The van der Waals surface area contributed by atoms with Crippen LogP contribution in [0.3, 0.4) is 0 Å². The summed E-state index contributed by atoms with van der Waals surface area (Å²) in [5, 5.41) is 8.59. The molecule has 0 bridgehead atoms. The van der Waals surface area contributed by atoms with Gasteiger partial charge in [0.1, 0.15) is 5.82 Å². The molecule has 0 fully saturated rings. The zero-order chi connectivity index (χ0) is 12.1. The smallest absolute Gasteiger partial charge is 0.305 e. The fraction of sp³-hybridized carbons (Fsp3) is 0.364. The van der Waals surface area contributed by atoms with Crippen LogP contribution in [-0.2, 0) is 4.79 Å². The maximum absolute atomic E-state index is 13.6. The molecule has 0 aliphatic heterocycles. The molecule has 0 saturated heterocycles. The van der Waals surface area contributed by atoms with Crippen molar-refractivity contribution in [1.29, 1.82) is 0 Å². The van der Waals surface area contributed by atoms with Gasteiger partial charge in [-0.1, -0.05) is 15.9 Å². The highest BCUT2D eigenvalue weighted by Gasteiger charge is 2.11. The Labute approximate surface area is 102 Å². The van der Waals surface area contributed by atoms with Crippen molar-refractivity contribution in [2.24, 2.45) is 0 Å². The summed E-state index contributed by atoms with van der Waals surface area (Å²) in [7, 11) is 0. The molecule has 0 unspecified atom stereocenters. The molecule has 0 aromatic heterocycles. The van der Waals surface area contributed by atoms with E-state index in [0.717, 1.165) is 0 Å². The normalized spacial score (nSPS) is 10.2. The Kier molecular flexibility index (Phi) is 4.73. The van der Waals surface area contributed by atoms with Gasteiger partial charge in [0.2, 0.25) is 0 Å². The molecule has 88 valence electrons. The van der Waals surface area contributed by atoms with Gasteiger partial charge in [-0.15, -0.1) is 0 Å². The summed E-state index contributed by atoms with van der Waals surface area (Å²) in [5.74, 6) is -1.22. The van der Waals surface area contributed by atoms with Crippen molar-refractivity contribution >= 4 is 27.6 Å². The van der Waals surface area contributed by atoms with Gasteiger partial charge in [0, 0.05) is 17.6 Å². The second kappa shape index (κ2) is 5.84. The molecule has 0 aliphatic carbocycles. The van der Waals surface area contributed by atoms with E-state index in [1.807, 2.05) is 6.92 Å². The number of benzene rings is 1. The SMILES string of the molecule is CCN(CCC(=O)O)c1ccc(Br)cc1F. The Balaban J connectivity index is 2.82. The molecule has 0 spiro atoms. The van der Waals surface area contributed by atoms with Crippen LogP contribution in [0.15, 0.2) is 22.7 Å². The maximum Gasteiger partial charge on any atom is 0.305 e. The van der Waals surface area contributed by atoms with Crippen molar-refractivity contribution < 1.29 is 14.3 Å². The second-order valence-electron chi connectivity index (χ2n) is 3.32. The predicted octanol–water partition coefficient (Wildman–Crippen LogP) is 2.89. The number of anilines is 1. The van der Waals surface area contributed by atoms with Gasteiger partial charge in [-0.2, -0.15) is 0 Å². The number of hydrogen-bond donors (Lipinski definition) is 1. The molecule has 1 aromatic rings. The minimum atomic E-state index is -0.879. The first-order valence-electron chi connectivity index (χ1n) is 4.96. The number of carbonyl (C=O) groups is 1. The summed E-state index contributed by atoms with van der Waals surface area (Å²) in [6.07, 6.45) is 0.00332. The minimum absolute atomic E-state index is 0.00332. The van der Waals surface area contributed by atoms with Gasteiger partial charge in [0.25, 0.3) is 0 Å². The lowest BCUT2D eigenvalue weighted by Gasteiger charge is -2.22. The van der Waals surface area contributed by atoms with E-state index < -0.39 is 5.97 Å². The Bertz CT molecular complexity index is 384. The van der Waals surface area contributed by atoms with Crippen molar-refractivity contribution in [3.05, 3.63) is 28.5 Å². The fourth-order valence-corrected chi connectivity index (χ4v) is 1.75. The monoisotopic (exact) mass is 289 g/mol. The molecule has 1 N–H and O–H groups in total. The molecular weight excluding hydrogens is 277 g/mol. The molecular formula is C11H13BrFNO2. The van der Waals surface area contributed by atoms with E-state index in [1.54, 1.807) is 17.0 Å². The van der Waals surface area contributed by atoms with E-state index in [0.29, 0.717) is 23.2 Å². The number of carboxylic acid groups (broad SMARTS) is 1. The first-order chi connectivity index (χ1) is 7.54. The van der Waals surface area contributed by atoms with Gasteiger partial charge >= 0.3 is 5.97 Å². The van der Waals surface area contributed by atoms with Crippen LogP contribution in [0.4, 0.5) is 10.1 Å². The molecule has 0 amide bonds. The van der Waals surface area contributed by atoms with Crippen molar-refractivity contribution in [2.45, 2.75) is 13.3 Å². The number of rotatable bonds is 5. The lowest BCUT2D eigenvalue weighted by molar-refractivity contribution is -0.136. The minimum Gasteiger partial charge on any atom is -0.481 e. The molecule has 0 radical (unpaired) electrons. The molecule has 16 heavy (non-hydrogen) atoms. The van der Waals surface area contributed by atoms with E-state index >= 15 is 0 Å². The molecule has 5 heteroatoms. The first-order valence-corrected chi connectivity index (χ1v) is 5.75. The van der Waals surface area contributed by atoms with Gasteiger partial charge in [0.15, 0.2) is 0 Å². The quantitative estimate of drug-likeness (QED) is 0.906. The average Bonchev–Trinajstić information content (AvgIpc) is 2.21. The standard InChI is InChI=1S/C11H13BrFNO2/c1-2-14(6-5-11(15)16)10-4-3-8(12)7-9(10)13/h3-4,7H,2,5-6H2,1H3,(H,15,16). The summed E-state index contributed by atoms with van der Waals surface area (Å²) in [6.45, 7) is 2.75. The van der Waals surface area contributed by atoms with Crippen molar-refractivity contribution in [1.82, 2.24) is 0 Å². The van der Waals surface area contributed by atoms with Gasteiger partial charge < -0.3 is 10.0 Å². The van der Waals surface area contributed by atoms with Crippen LogP contribution in [0.2, 0.25) is 0 Å². The van der Waals surface area contributed by atoms with Gasteiger partial charge in [-0.05, 0) is 25.1 Å². The number of halogens is 2. The highest BCUT2D eigenvalue weighted by Crippen LogP contribution is 2.23. The summed E-state index contributed by atoms with van der Waals surface area (Å²) >= 11 is 3.18. The molecule has 3 nitrogen and oxygen atoms in total. The lowest BCUT2D eigenvalue weighted by Crippen LogP contribution is -2.26. The molecule has 0 atom stereocenters. The topological polar surface area (TPSA) is 40.5 Å². The number of nitrogens with zero attached hydrogens (tertiary/aromatic N) is 1. The fourth-order valence-electron chi connectivity index (χ4n) is 1.42.